The smallest absolute Gasteiger partial charge is 0.227 e. The molecule has 1 aromatic rings. The number of benzene rings is 1. The number of carbonyl (C=O) groups excluding carboxylic acids is 1. The number of hydrogen-bond acceptors (Lipinski definition) is 2. The largest absolute Gasteiger partial charge is 0.340 e. The van der Waals surface area contributed by atoms with Gasteiger partial charge in [0.05, 0.1) is 6.42 Å². The summed E-state index contributed by atoms with van der Waals surface area (Å²) < 4.78 is 13.1. The molecule has 1 aliphatic heterocycles. The van der Waals surface area contributed by atoms with Crippen LogP contribution in [-0.2, 0) is 11.2 Å². The van der Waals surface area contributed by atoms with E-state index in [-0.39, 0.29) is 18.1 Å². The van der Waals surface area contributed by atoms with Crippen LogP contribution in [0.5, 0.6) is 0 Å². The van der Waals surface area contributed by atoms with Crippen LogP contribution < -0.4 is 0 Å². The molecule has 5 heteroatoms. The highest BCUT2D eigenvalue weighted by molar-refractivity contribution is 9.09. The molecule has 0 radical (unpaired) electrons. The van der Waals surface area contributed by atoms with Crippen molar-refractivity contribution < 1.29 is 9.18 Å². The minimum Gasteiger partial charge on any atom is -0.340 e. The first-order valence-corrected chi connectivity index (χ1v) is 7.62. The highest BCUT2D eigenvalue weighted by atomic mass is 79.9. The Morgan fingerprint density at radius 2 is 2.00 bits per heavy atom. The summed E-state index contributed by atoms with van der Waals surface area (Å²) in [5.74, 6) is -0.198. The number of amides is 1. The molecule has 1 amide bonds. The highest BCUT2D eigenvalue weighted by Gasteiger charge is 2.20. The van der Waals surface area contributed by atoms with Crippen LogP contribution in [0.4, 0.5) is 4.39 Å². The van der Waals surface area contributed by atoms with E-state index in [1.807, 2.05) is 4.90 Å². The molecule has 1 aliphatic rings. The fourth-order valence-corrected chi connectivity index (χ4v) is 2.78. The van der Waals surface area contributed by atoms with Gasteiger partial charge >= 0.3 is 0 Å². The molecule has 0 aromatic heterocycles. The predicted molar refractivity (Wildman–Crippen MR) is 76.9 cm³/mol. The third-order valence-electron chi connectivity index (χ3n) is 3.37. The molecule has 19 heavy (non-hydrogen) atoms. The van der Waals surface area contributed by atoms with Crippen molar-refractivity contribution in [2.45, 2.75) is 6.42 Å². The number of hydrogen-bond donors (Lipinski definition) is 0. The van der Waals surface area contributed by atoms with Crippen LogP contribution >= 0.6 is 15.9 Å². The molecule has 0 spiro atoms. The Morgan fingerprint density at radius 1 is 1.26 bits per heavy atom. The Hall–Kier alpha value is -0.940. The van der Waals surface area contributed by atoms with Crippen molar-refractivity contribution in [1.29, 1.82) is 0 Å². The minimum atomic E-state index is -0.285. The Bertz CT molecular complexity index is 433. The van der Waals surface area contributed by atoms with Gasteiger partial charge in [-0.25, -0.2) is 4.39 Å². The third kappa shape index (κ3) is 4.28. The van der Waals surface area contributed by atoms with Gasteiger partial charge in [0, 0.05) is 38.1 Å². The first-order chi connectivity index (χ1) is 9.19. The van der Waals surface area contributed by atoms with E-state index >= 15 is 0 Å². The van der Waals surface area contributed by atoms with Crippen LogP contribution in [0.25, 0.3) is 0 Å². The Balaban J connectivity index is 1.84. The second-order valence-corrected chi connectivity index (χ2v) is 5.51. The number of piperazine rings is 1. The van der Waals surface area contributed by atoms with Gasteiger partial charge in [-0.15, -0.1) is 0 Å². The van der Waals surface area contributed by atoms with E-state index < -0.39 is 0 Å². The molecule has 0 atom stereocenters. The Morgan fingerprint density at radius 3 is 2.63 bits per heavy atom. The van der Waals surface area contributed by atoms with E-state index in [0.29, 0.717) is 0 Å². The first-order valence-electron chi connectivity index (χ1n) is 6.49. The third-order valence-corrected chi connectivity index (χ3v) is 3.72. The minimum absolute atomic E-state index is 0.0871. The molecule has 104 valence electrons. The molecular formula is C14H18BrFN2O. The maximum absolute atomic E-state index is 13.1. The molecule has 0 unspecified atom stereocenters. The van der Waals surface area contributed by atoms with E-state index in [4.69, 9.17) is 0 Å². The van der Waals surface area contributed by atoms with Crippen molar-refractivity contribution in [2.75, 3.05) is 38.1 Å². The standard InChI is InChI=1S/C14H18BrFN2O/c15-4-5-17-6-8-18(9-7-17)14(19)11-12-2-1-3-13(16)10-12/h1-3,10H,4-9,11H2. The lowest BCUT2D eigenvalue weighted by molar-refractivity contribution is -0.132. The zero-order valence-corrected chi connectivity index (χ0v) is 12.4. The number of nitrogens with zero attached hydrogens (tertiary/aromatic N) is 2. The molecule has 3 nitrogen and oxygen atoms in total. The number of alkyl halides is 1. The molecule has 0 saturated carbocycles. The molecule has 0 aliphatic carbocycles. The average molecular weight is 329 g/mol. The maximum Gasteiger partial charge on any atom is 0.227 e. The van der Waals surface area contributed by atoms with Gasteiger partial charge in [-0.3, -0.25) is 9.69 Å². The summed E-state index contributed by atoms with van der Waals surface area (Å²) in [6, 6.07) is 6.26. The van der Waals surface area contributed by atoms with Gasteiger partial charge in [0.15, 0.2) is 0 Å². The summed E-state index contributed by atoms with van der Waals surface area (Å²) in [5.41, 5.74) is 0.743. The van der Waals surface area contributed by atoms with Crippen LogP contribution in [0.1, 0.15) is 5.56 Å². The number of rotatable bonds is 4. The molecular weight excluding hydrogens is 311 g/mol. The van der Waals surface area contributed by atoms with Gasteiger partial charge in [-0.05, 0) is 17.7 Å². The van der Waals surface area contributed by atoms with Gasteiger partial charge in [0.25, 0.3) is 0 Å². The Kier molecular flexibility index (Phi) is 5.34. The fourth-order valence-electron chi connectivity index (χ4n) is 2.27. The second-order valence-electron chi connectivity index (χ2n) is 4.72. The fraction of sp³-hybridized carbons (Fsp3) is 0.500. The van der Waals surface area contributed by atoms with E-state index in [2.05, 4.69) is 20.8 Å². The van der Waals surface area contributed by atoms with Gasteiger partial charge < -0.3 is 4.90 Å². The van der Waals surface area contributed by atoms with Crippen molar-refractivity contribution in [1.82, 2.24) is 9.80 Å². The first kappa shape index (κ1) is 14.5. The van der Waals surface area contributed by atoms with Crippen LogP contribution in [0, 0.1) is 5.82 Å². The lowest BCUT2D eigenvalue weighted by atomic mass is 10.1. The summed E-state index contributed by atoms with van der Waals surface area (Å²) in [4.78, 5) is 16.3. The number of carbonyl (C=O) groups is 1. The lowest BCUT2D eigenvalue weighted by Crippen LogP contribution is -2.49. The van der Waals surface area contributed by atoms with Crippen LogP contribution in [0.3, 0.4) is 0 Å². The van der Waals surface area contributed by atoms with Crippen molar-refractivity contribution in [2.24, 2.45) is 0 Å². The summed E-state index contributed by atoms with van der Waals surface area (Å²) in [6.07, 6.45) is 0.288. The van der Waals surface area contributed by atoms with E-state index in [1.54, 1.807) is 12.1 Å². The molecule has 2 rings (SSSR count). The van der Waals surface area contributed by atoms with Crippen molar-refractivity contribution >= 4 is 21.8 Å². The predicted octanol–water partition coefficient (Wildman–Crippen LogP) is 1.91. The van der Waals surface area contributed by atoms with Crippen LogP contribution in [0.2, 0.25) is 0 Å². The summed E-state index contributed by atoms with van der Waals surface area (Å²) in [6.45, 7) is 4.38. The van der Waals surface area contributed by atoms with Crippen molar-refractivity contribution in [3.8, 4) is 0 Å². The Labute approximate surface area is 121 Å². The van der Waals surface area contributed by atoms with Gasteiger partial charge in [-0.1, -0.05) is 28.1 Å². The molecule has 1 saturated heterocycles. The zero-order valence-electron chi connectivity index (χ0n) is 10.8. The maximum atomic E-state index is 13.1. The quantitative estimate of drug-likeness (QED) is 0.788. The highest BCUT2D eigenvalue weighted by Crippen LogP contribution is 2.08. The van der Waals surface area contributed by atoms with Crippen molar-refractivity contribution in [3.63, 3.8) is 0 Å². The molecule has 1 heterocycles. The SMILES string of the molecule is O=C(Cc1cccc(F)c1)N1CCN(CCBr)CC1. The van der Waals surface area contributed by atoms with E-state index in [0.717, 1.165) is 43.6 Å². The monoisotopic (exact) mass is 328 g/mol. The van der Waals surface area contributed by atoms with Crippen LogP contribution in [0.15, 0.2) is 24.3 Å². The van der Waals surface area contributed by atoms with Gasteiger partial charge in [-0.2, -0.15) is 0 Å². The van der Waals surface area contributed by atoms with E-state index in [9.17, 15) is 9.18 Å². The van der Waals surface area contributed by atoms with E-state index in [1.165, 1.54) is 12.1 Å². The second kappa shape index (κ2) is 7.01. The average Bonchev–Trinajstić information content (AvgIpc) is 2.40. The lowest BCUT2D eigenvalue weighted by Gasteiger charge is -2.34. The summed E-state index contributed by atoms with van der Waals surface area (Å²) in [5, 5.41) is 0.963. The molecule has 0 N–H and O–H groups in total. The van der Waals surface area contributed by atoms with Crippen molar-refractivity contribution in [3.05, 3.63) is 35.6 Å². The topological polar surface area (TPSA) is 23.6 Å². The van der Waals surface area contributed by atoms with Gasteiger partial charge in [0.1, 0.15) is 5.82 Å². The molecule has 1 fully saturated rings. The summed E-state index contributed by atoms with van der Waals surface area (Å²) in [7, 11) is 0. The normalized spacial score (nSPS) is 16.6. The van der Waals surface area contributed by atoms with Crippen LogP contribution in [-0.4, -0.2) is 53.8 Å². The van der Waals surface area contributed by atoms with Gasteiger partial charge in [0.2, 0.25) is 5.91 Å². The molecule has 1 aromatic carbocycles. The summed E-state index contributed by atoms with van der Waals surface area (Å²) >= 11 is 3.42. The molecule has 0 bridgehead atoms. The zero-order chi connectivity index (χ0) is 13.7. The number of halogens is 2.